The van der Waals surface area contributed by atoms with Gasteiger partial charge < -0.3 is 10.1 Å². The zero-order valence-corrected chi connectivity index (χ0v) is 17.9. The van der Waals surface area contributed by atoms with Crippen molar-refractivity contribution in [1.82, 2.24) is 10.3 Å². The van der Waals surface area contributed by atoms with Gasteiger partial charge in [0, 0.05) is 22.5 Å². The maximum atomic E-state index is 13.0. The van der Waals surface area contributed by atoms with E-state index in [1.807, 2.05) is 48.5 Å². The summed E-state index contributed by atoms with van der Waals surface area (Å²) in [6, 6.07) is 21.1. The zero-order valence-electron chi connectivity index (χ0n) is 16.3. The molecule has 1 aromatic heterocycles. The molecule has 0 spiro atoms. The third-order valence-electron chi connectivity index (χ3n) is 4.50. The highest BCUT2D eigenvalue weighted by Gasteiger charge is 2.12. The summed E-state index contributed by atoms with van der Waals surface area (Å²) >= 11 is 7.30. The monoisotopic (exact) mass is 452 g/mol. The van der Waals surface area contributed by atoms with E-state index in [1.165, 1.54) is 23.5 Å². The van der Waals surface area contributed by atoms with Crippen LogP contribution in [0, 0.1) is 5.82 Å². The Labute approximate surface area is 188 Å². The molecule has 0 radical (unpaired) electrons. The lowest BCUT2D eigenvalue weighted by Gasteiger charge is -2.07. The number of ether oxygens (including phenoxy) is 1. The number of aromatic nitrogens is 1. The van der Waals surface area contributed by atoms with Crippen LogP contribution in [0.5, 0.6) is 5.75 Å². The van der Waals surface area contributed by atoms with E-state index in [9.17, 15) is 9.18 Å². The van der Waals surface area contributed by atoms with E-state index in [0.717, 1.165) is 21.7 Å². The van der Waals surface area contributed by atoms with Crippen molar-refractivity contribution in [3.05, 3.63) is 106 Å². The van der Waals surface area contributed by atoms with Crippen molar-refractivity contribution in [2.24, 2.45) is 0 Å². The molecule has 1 heterocycles. The first kappa shape index (κ1) is 21.0. The third-order valence-corrected chi connectivity index (χ3v) is 5.65. The molecule has 31 heavy (non-hydrogen) atoms. The van der Waals surface area contributed by atoms with Gasteiger partial charge in [-0.25, -0.2) is 9.37 Å². The molecule has 0 bridgehead atoms. The van der Waals surface area contributed by atoms with Gasteiger partial charge in [0.1, 0.15) is 28.9 Å². The fourth-order valence-electron chi connectivity index (χ4n) is 2.85. The predicted octanol–water partition coefficient (Wildman–Crippen LogP) is 6.11. The fourth-order valence-corrected chi connectivity index (χ4v) is 3.78. The molecular weight excluding hydrogens is 435 g/mol. The molecule has 0 saturated carbocycles. The van der Waals surface area contributed by atoms with Gasteiger partial charge in [0.2, 0.25) is 0 Å². The number of rotatable bonds is 7. The van der Waals surface area contributed by atoms with Crippen LogP contribution in [0.4, 0.5) is 4.39 Å². The molecule has 4 aromatic rings. The Bertz CT molecular complexity index is 1180. The van der Waals surface area contributed by atoms with Crippen molar-refractivity contribution in [2.45, 2.75) is 13.2 Å². The van der Waals surface area contributed by atoms with Crippen LogP contribution in [0.25, 0.3) is 10.6 Å². The molecule has 1 amide bonds. The van der Waals surface area contributed by atoms with Gasteiger partial charge in [0.05, 0.1) is 0 Å². The quantitative estimate of drug-likeness (QED) is 0.368. The molecule has 0 unspecified atom stereocenters. The second-order valence-electron chi connectivity index (χ2n) is 6.79. The number of hydrogen-bond acceptors (Lipinski definition) is 4. The average Bonchev–Trinajstić information content (AvgIpc) is 3.29. The first-order valence-electron chi connectivity index (χ1n) is 9.53. The number of thiazole rings is 1. The Balaban J connectivity index is 1.38. The predicted molar refractivity (Wildman–Crippen MR) is 121 cm³/mol. The summed E-state index contributed by atoms with van der Waals surface area (Å²) in [5, 5.41) is 5.93. The summed E-state index contributed by atoms with van der Waals surface area (Å²) in [5.41, 5.74) is 3.05. The number of nitrogens with zero attached hydrogens (tertiary/aromatic N) is 1. The van der Waals surface area contributed by atoms with Crippen LogP contribution in [0.3, 0.4) is 0 Å². The number of hydrogen-bond donors (Lipinski definition) is 1. The average molecular weight is 453 g/mol. The van der Waals surface area contributed by atoms with Crippen LogP contribution < -0.4 is 10.1 Å². The van der Waals surface area contributed by atoms with Crippen molar-refractivity contribution in [1.29, 1.82) is 0 Å². The summed E-state index contributed by atoms with van der Waals surface area (Å²) in [7, 11) is 0. The van der Waals surface area contributed by atoms with Crippen LogP contribution in [0.2, 0.25) is 5.02 Å². The van der Waals surface area contributed by atoms with Crippen LogP contribution in [-0.4, -0.2) is 10.9 Å². The molecule has 156 valence electrons. The highest BCUT2D eigenvalue weighted by atomic mass is 35.5. The maximum absolute atomic E-state index is 13.0. The van der Waals surface area contributed by atoms with E-state index >= 15 is 0 Å². The minimum atomic E-state index is -0.307. The van der Waals surface area contributed by atoms with Gasteiger partial charge in [0.25, 0.3) is 5.91 Å². The highest BCUT2D eigenvalue weighted by Crippen LogP contribution is 2.27. The maximum Gasteiger partial charge on any atom is 0.271 e. The van der Waals surface area contributed by atoms with Gasteiger partial charge in [-0.3, -0.25) is 4.79 Å². The molecule has 0 atom stereocenters. The summed E-state index contributed by atoms with van der Waals surface area (Å²) in [4.78, 5) is 16.9. The van der Waals surface area contributed by atoms with Crippen molar-refractivity contribution in [3.8, 4) is 16.3 Å². The number of carbonyl (C=O) groups is 1. The molecule has 0 saturated heterocycles. The Morgan fingerprint density at radius 1 is 1.03 bits per heavy atom. The summed E-state index contributed by atoms with van der Waals surface area (Å²) < 4.78 is 18.9. The lowest BCUT2D eigenvalue weighted by Crippen LogP contribution is -2.23. The topological polar surface area (TPSA) is 51.2 Å². The van der Waals surface area contributed by atoms with E-state index in [-0.39, 0.29) is 11.7 Å². The van der Waals surface area contributed by atoms with E-state index in [4.69, 9.17) is 16.3 Å². The molecule has 3 aromatic carbocycles. The Morgan fingerprint density at radius 2 is 1.77 bits per heavy atom. The Morgan fingerprint density at radius 3 is 2.55 bits per heavy atom. The third kappa shape index (κ3) is 5.69. The molecule has 0 aliphatic carbocycles. The number of amides is 1. The smallest absolute Gasteiger partial charge is 0.271 e. The van der Waals surface area contributed by atoms with Crippen molar-refractivity contribution < 1.29 is 13.9 Å². The molecule has 0 fully saturated rings. The number of benzene rings is 3. The largest absolute Gasteiger partial charge is 0.489 e. The standard InChI is InChI=1S/C24H18ClFN2O2S/c25-19-8-4-17(5-9-19)14-30-21-3-1-2-18(12-21)24-28-22(15-31-24)23(29)27-13-16-6-10-20(26)11-7-16/h1-12,15H,13-14H2,(H,27,29). The Hall–Kier alpha value is -3.22. The van der Waals surface area contributed by atoms with Crippen LogP contribution in [0.1, 0.15) is 21.6 Å². The van der Waals surface area contributed by atoms with Crippen molar-refractivity contribution in [3.63, 3.8) is 0 Å². The van der Waals surface area contributed by atoms with E-state index < -0.39 is 0 Å². The summed E-state index contributed by atoms with van der Waals surface area (Å²) in [6.07, 6.45) is 0. The first-order valence-corrected chi connectivity index (χ1v) is 10.8. The van der Waals surface area contributed by atoms with Crippen molar-refractivity contribution in [2.75, 3.05) is 0 Å². The van der Waals surface area contributed by atoms with Gasteiger partial charge in [0.15, 0.2) is 0 Å². The van der Waals surface area contributed by atoms with E-state index in [1.54, 1.807) is 17.5 Å². The van der Waals surface area contributed by atoms with Crippen molar-refractivity contribution >= 4 is 28.8 Å². The molecule has 1 N–H and O–H groups in total. The lowest BCUT2D eigenvalue weighted by molar-refractivity contribution is 0.0946. The van der Waals surface area contributed by atoms with Crippen LogP contribution in [-0.2, 0) is 13.2 Å². The minimum Gasteiger partial charge on any atom is -0.489 e. The SMILES string of the molecule is O=C(NCc1ccc(F)cc1)c1csc(-c2cccc(OCc3ccc(Cl)cc3)c2)n1. The first-order chi connectivity index (χ1) is 15.1. The second kappa shape index (κ2) is 9.73. The summed E-state index contributed by atoms with van der Waals surface area (Å²) in [5.74, 6) is 0.130. The molecule has 0 aliphatic heterocycles. The van der Waals surface area contributed by atoms with Gasteiger partial charge in [-0.2, -0.15) is 0 Å². The minimum absolute atomic E-state index is 0.276. The number of nitrogens with one attached hydrogen (secondary N) is 1. The van der Waals surface area contributed by atoms with Crippen LogP contribution in [0.15, 0.2) is 78.2 Å². The van der Waals surface area contributed by atoms with Gasteiger partial charge in [-0.1, -0.05) is 48.0 Å². The molecular formula is C24H18ClFN2O2S. The number of carbonyl (C=O) groups excluding carboxylic acids is 1. The van der Waals surface area contributed by atoms with Gasteiger partial charge in [-0.05, 0) is 47.5 Å². The van der Waals surface area contributed by atoms with Gasteiger partial charge in [-0.15, -0.1) is 11.3 Å². The highest BCUT2D eigenvalue weighted by molar-refractivity contribution is 7.13. The zero-order chi connectivity index (χ0) is 21.6. The molecule has 7 heteroatoms. The van der Waals surface area contributed by atoms with Crippen LogP contribution >= 0.6 is 22.9 Å². The van der Waals surface area contributed by atoms with E-state index in [0.29, 0.717) is 29.6 Å². The molecule has 4 nitrogen and oxygen atoms in total. The molecule has 0 aliphatic rings. The van der Waals surface area contributed by atoms with Gasteiger partial charge >= 0.3 is 0 Å². The number of halogens is 2. The fraction of sp³-hybridized carbons (Fsp3) is 0.0833. The molecule has 4 rings (SSSR count). The summed E-state index contributed by atoms with van der Waals surface area (Å²) in [6.45, 7) is 0.732. The Kier molecular flexibility index (Phi) is 6.60. The normalized spacial score (nSPS) is 10.6. The lowest BCUT2D eigenvalue weighted by atomic mass is 10.2. The van der Waals surface area contributed by atoms with E-state index in [2.05, 4.69) is 10.3 Å². The second-order valence-corrected chi connectivity index (χ2v) is 8.08.